The Morgan fingerprint density at radius 2 is 1.91 bits per heavy atom. The standard InChI is InChI=1S/C15H12N4O2S/c20-12-7-6-11(13(21)8-12)9-16-19-14(17-18-15(19)22)10-4-2-1-3-5-10/h1-9,14,20-21H. The summed E-state index contributed by atoms with van der Waals surface area (Å²) in [6.07, 6.45) is 1.04. The molecule has 0 aromatic heterocycles. The van der Waals surface area contributed by atoms with Crippen LogP contribution in [-0.2, 0) is 0 Å². The molecular formula is C15H12N4O2S. The number of phenolic OH excluding ortho intramolecular Hbond substituents is 2. The fraction of sp³-hybridized carbons (Fsp3) is 0.0667. The van der Waals surface area contributed by atoms with Gasteiger partial charge in [0.15, 0.2) is 6.17 Å². The lowest BCUT2D eigenvalue weighted by Gasteiger charge is -2.17. The molecule has 3 rings (SSSR count). The third kappa shape index (κ3) is 2.79. The fourth-order valence-corrected chi connectivity index (χ4v) is 2.21. The van der Waals surface area contributed by atoms with Gasteiger partial charge in [0, 0.05) is 17.2 Å². The maximum absolute atomic E-state index is 9.76. The van der Waals surface area contributed by atoms with Crippen LogP contribution >= 0.6 is 12.2 Å². The Morgan fingerprint density at radius 1 is 1.14 bits per heavy atom. The summed E-state index contributed by atoms with van der Waals surface area (Å²) in [4.78, 5) is 0. The molecule has 1 atom stereocenters. The van der Waals surface area contributed by atoms with Gasteiger partial charge in [-0.25, -0.2) is 5.01 Å². The zero-order valence-electron chi connectivity index (χ0n) is 11.4. The van der Waals surface area contributed by atoms with Crippen LogP contribution in [-0.4, -0.2) is 26.5 Å². The van der Waals surface area contributed by atoms with Crippen molar-refractivity contribution in [3.8, 4) is 11.5 Å². The highest BCUT2D eigenvalue weighted by Gasteiger charge is 2.27. The molecule has 110 valence electrons. The van der Waals surface area contributed by atoms with E-state index in [0.717, 1.165) is 5.56 Å². The van der Waals surface area contributed by atoms with E-state index in [2.05, 4.69) is 15.3 Å². The van der Waals surface area contributed by atoms with Crippen molar-refractivity contribution in [3.05, 3.63) is 59.7 Å². The molecule has 0 saturated heterocycles. The van der Waals surface area contributed by atoms with E-state index in [9.17, 15) is 10.2 Å². The topological polar surface area (TPSA) is 80.8 Å². The van der Waals surface area contributed by atoms with E-state index in [1.165, 1.54) is 23.4 Å². The first-order chi connectivity index (χ1) is 10.6. The van der Waals surface area contributed by atoms with E-state index in [-0.39, 0.29) is 16.6 Å². The van der Waals surface area contributed by atoms with Crippen LogP contribution in [0.2, 0.25) is 0 Å². The molecule has 1 unspecified atom stereocenters. The molecule has 1 heterocycles. The van der Waals surface area contributed by atoms with E-state index in [1.54, 1.807) is 6.07 Å². The van der Waals surface area contributed by atoms with Gasteiger partial charge in [-0.15, -0.1) is 5.11 Å². The zero-order valence-corrected chi connectivity index (χ0v) is 12.2. The molecule has 7 heteroatoms. The molecule has 0 radical (unpaired) electrons. The molecule has 2 aromatic carbocycles. The van der Waals surface area contributed by atoms with Crippen LogP contribution in [0.15, 0.2) is 63.9 Å². The molecule has 0 saturated carbocycles. The fourth-order valence-electron chi connectivity index (χ4n) is 2.01. The van der Waals surface area contributed by atoms with Gasteiger partial charge in [-0.3, -0.25) is 0 Å². The minimum Gasteiger partial charge on any atom is -0.508 e. The maximum Gasteiger partial charge on any atom is 0.238 e. The van der Waals surface area contributed by atoms with Crippen LogP contribution in [0.4, 0.5) is 0 Å². The smallest absolute Gasteiger partial charge is 0.238 e. The quantitative estimate of drug-likeness (QED) is 0.674. The summed E-state index contributed by atoms with van der Waals surface area (Å²) < 4.78 is 0. The van der Waals surface area contributed by atoms with Crippen LogP contribution in [0, 0.1) is 0 Å². The number of hydrogen-bond donors (Lipinski definition) is 2. The van der Waals surface area contributed by atoms with Gasteiger partial charge in [0.1, 0.15) is 11.5 Å². The molecule has 2 N–H and O–H groups in total. The Labute approximate surface area is 132 Å². The van der Waals surface area contributed by atoms with Crippen molar-refractivity contribution in [3.63, 3.8) is 0 Å². The summed E-state index contributed by atoms with van der Waals surface area (Å²) in [6, 6.07) is 13.8. The number of hydrazone groups is 1. The number of nitrogens with zero attached hydrogens (tertiary/aromatic N) is 4. The van der Waals surface area contributed by atoms with Gasteiger partial charge >= 0.3 is 0 Å². The van der Waals surface area contributed by atoms with Gasteiger partial charge in [-0.05, 0) is 24.4 Å². The van der Waals surface area contributed by atoms with E-state index in [1.807, 2.05) is 30.3 Å². The second kappa shape index (κ2) is 5.90. The van der Waals surface area contributed by atoms with Gasteiger partial charge in [-0.1, -0.05) is 30.3 Å². The van der Waals surface area contributed by atoms with E-state index in [0.29, 0.717) is 5.56 Å². The van der Waals surface area contributed by atoms with Gasteiger partial charge < -0.3 is 10.2 Å². The van der Waals surface area contributed by atoms with Crippen molar-refractivity contribution in [2.24, 2.45) is 15.3 Å². The summed E-state index contributed by atoms with van der Waals surface area (Å²) in [7, 11) is 0. The van der Waals surface area contributed by atoms with Crippen molar-refractivity contribution < 1.29 is 10.2 Å². The molecule has 0 aliphatic carbocycles. The van der Waals surface area contributed by atoms with Crippen molar-refractivity contribution >= 4 is 23.5 Å². The predicted octanol–water partition coefficient (Wildman–Crippen LogP) is 3.18. The van der Waals surface area contributed by atoms with Gasteiger partial charge in [0.25, 0.3) is 0 Å². The molecule has 1 aliphatic heterocycles. The maximum atomic E-state index is 9.76. The van der Waals surface area contributed by atoms with Crippen molar-refractivity contribution in [2.45, 2.75) is 6.17 Å². The second-order valence-electron chi connectivity index (χ2n) is 4.61. The predicted molar refractivity (Wildman–Crippen MR) is 85.8 cm³/mol. The minimum absolute atomic E-state index is 0.0153. The van der Waals surface area contributed by atoms with E-state index >= 15 is 0 Å². The lowest BCUT2D eigenvalue weighted by atomic mass is 10.2. The Kier molecular flexibility index (Phi) is 3.80. The molecule has 0 spiro atoms. The first kappa shape index (κ1) is 14.2. The molecule has 0 amide bonds. The van der Waals surface area contributed by atoms with Crippen LogP contribution < -0.4 is 0 Å². The number of phenols is 2. The number of aromatic hydroxyl groups is 2. The average Bonchev–Trinajstić information content (AvgIpc) is 2.88. The SMILES string of the molecule is Oc1ccc(C=NN2C(=S)N=NC2c2ccccc2)c(O)c1. The van der Waals surface area contributed by atoms with Crippen LogP contribution in [0.25, 0.3) is 0 Å². The summed E-state index contributed by atoms with van der Waals surface area (Å²) in [5, 5.41) is 33.1. The highest BCUT2D eigenvalue weighted by atomic mass is 32.1. The van der Waals surface area contributed by atoms with E-state index in [4.69, 9.17) is 12.2 Å². The van der Waals surface area contributed by atoms with E-state index < -0.39 is 6.17 Å². The summed E-state index contributed by atoms with van der Waals surface area (Å²) in [6.45, 7) is 0. The Bertz CT molecular complexity index is 761. The summed E-state index contributed by atoms with van der Waals surface area (Å²) >= 11 is 5.14. The second-order valence-corrected chi connectivity index (χ2v) is 4.98. The summed E-state index contributed by atoms with van der Waals surface area (Å²) in [5.74, 6) is -0.0856. The lowest BCUT2D eigenvalue weighted by Crippen LogP contribution is -2.21. The van der Waals surface area contributed by atoms with Crippen molar-refractivity contribution in [1.29, 1.82) is 0 Å². The Hall–Kier alpha value is -2.80. The van der Waals surface area contributed by atoms with Crippen LogP contribution in [0.3, 0.4) is 0 Å². The normalized spacial score (nSPS) is 17.5. The molecule has 1 aliphatic rings. The van der Waals surface area contributed by atoms with Crippen molar-refractivity contribution in [2.75, 3.05) is 0 Å². The van der Waals surface area contributed by atoms with Gasteiger partial charge in [-0.2, -0.15) is 10.2 Å². The third-order valence-corrected chi connectivity index (χ3v) is 3.38. The molecular weight excluding hydrogens is 300 g/mol. The molecule has 22 heavy (non-hydrogen) atoms. The Morgan fingerprint density at radius 3 is 2.64 bits per heavy atom. The highest BCUT2D eigenvalue weighted by Crippen LogP contribution is 2.29. The van der Waals surface area contributed by atoms with Gasteiger partial charge in [0.05, 0.1) is 6.21 Å². The first-order valence-corrected chi connectivity index (χ1v) is 6.91. The third-order valence-electron chi connectivity index (χ3n) is 3.11. The number of azo groups is 1. The number of benzene rings is 2. The zero-order chi connectivity index (χ0) is 15.5. The number of thiocarbonyl (C=S) groups is 1. The first-order valence-electron chi connectivity index (χ1n) is 6.50. The number of hydrogen-bond acceptors (Lipinski definition) is 5. The van der Waals surface area contributed by atoms with Crippen LogP contribution in [0.1, 0.15) is 17.3 Å². The average molecular weight is 312 g/mol. The highest BCUT2D eigenvalue weighted by molar-refractivity contribution is 7.80. The Balaban J connectivity index is 1.86. The molecule has 0 fully saturated rings. The monoisotopic (exact) mass is 312 g/mol. The summed E-state index contributed by atoms with van der Waals surface area (Å²) in [5.41, 5.74) is 1.37. The van der Waals surface area contributed by atoms with Crippen molar-refractivity contribution in [1.82, 2.24) is 5.01 Å². The molecule has 6 nitrogen and oxygen atoms in total. The van der Waals surface area contributed by atoms with Crippen LogP contribution in [0.5, 0.6) is 11.5 Å². The molecule has 2 aromatic rings. The number of rotatable bonds is 3. The lowest BCUT2D eigenvalue weighted by molar-refractivity contribution is 0.367. The minimum atomic E-state index is -0.413. The largest absolute Gasteiger partial charge is 0.508 e. The molecule has 0 bridgehead atoms. The van der Waals surface area contributed by atoms with Gasteiger partial charge in [0.2, 0.25) is 5.11 Å².